The van der Waals surface area contributed by atoms with E-state index in [9.17, 15) is 0 Å². The van der Waals surface area contributed by atoms with Crippen LogP contribution in [0.5, 0.6) is 5.88 Å². The van der Waals surface area contributed by atoms with Gasteiger partial charge in [-0.05, 0) is 18.9 Å². The number of anilines is 1. The van der Waals surface area contributed by atoms with Crippen molar-refractivity contribution in [1.29, 1.82) is 0 Å². The Morgan fingerprint density at radius 1 is 1.28 bits per heavy atom. The molecule has 7 heteroatoms. The number of nitrogens with one attached hydrogen (secondary N) is 1. The SMILES string of the molecule is COc1cccc(CNc2cc(Cl)nc3c2ncn3C2CCCC2)n1. The first-order valence-corrected chi connectivity index (χ1v) is 8.89. The molecule has 1 aliphatic rings. The van der Waals surface area contributed by atoms with Crippen LogP contribution in [0.25, 0.3) is 11.2 Å². The van der Waals surface area contributed by atoms with Crippen molar-refractivity contribution in [3.8, 4) is 5.88 Å². The van der Waals surface area contributed by atoms with Crippen molar-refractivity contribution in [2.75, 3.05) is 12.4 Å². The number of fused-ring (bicyclic) bond motifs is 1. The Morgan fingerprint density at radius 2 is 2.12 bits per heavy atom. The van der Waals surface area contributed by atoms with E-state index in [1.54, 1.807) is 7.11 Å². The highest BCUT2D eigenvalue weighted by atomic mass is 35.5. The van der Waals surface area contributed by atoms with E-state index in [1.165, 1.54) is 25.7 Å². The molecule has 130 valence electrons. The Hall–Kier alpha value is -2.34. The van der Waals surface area contributed by atoms with Gasteiger partial charge in [0.1, 0.15) is 10.7 Å². The number of aromatic nitrogens is 4. The van der Waals surface area contributed by atoms with Gasteiger partial charge in [0.25, 0.3) is 0 Å². The molecule has 25 heavy (non-hydrogen) atoms. The van der Waals surface area contributed by atoms with Crippen LogP contribution in [0.1, 0.15) is 37.4 Å². The molecule has 1 fully saturated rings. The molecule has 0 spiro atoms. The van der Waals surface area contributed by atoms with Gasteiger partial charge in [-0.1, -0.05) is 30.5 Å². The van der Waals surface area contributed by atoms with Crippen molar-refractivity contribution < 1.29 is 4.74 Å². The molecule has 3 aromatic rings. The molecule has 0 unspecified atom stereocenters. The number of nitrogens with zero attached hydrogens (tertiary/aromatic N) is 4. The summed E-state index contributed by atoms with van der Waals surface area (Å²) >= 11 is 6.26. The molecule has 3 heterocycles. The summed E-state index contributed by atoms with van der Waals surface area (Å²) in [5.41, 5.74) is 3.45. The van der Waals surface area contributed by atoms with Crippen LogP contribution >= 0.6 is 11.6 Å². The van der Waals surface area contributed by atoms with E-state index in [-0.39, 0.29) is 0 Å². The third-order valence-corrected chi connectivity index (χ3v) is 4.86. The molecule has 1 N–H and O–H groups in total. The van der Waals surface area contributed by atoms with Gasteiger partial charge in [-0.25, -0.2) is 15.0 Å². The number of methoxy groups -OCH3 is 1. The van der Waals surface area contributed by atoms with Crippen molar-refractivity contribution in [2.45, 2.75) is 38.3 Å². The Kier molecular flexibility index (Phi) is 4.44. The first kappa shape index (κ1) is 16.1. The van der Waals surface area contributed by atoms with Crippen molar-refractivity contribution in [2.24, 2.45) is 0 Å². The molecule has 0 atom stereocenters. The Bertz CT molecular complexity index is 888. The molecule has 0 aliphatic heterocycles. The number of hydrogen-bond donors (Lipinski definition) is 1. The molecule has 0 amide bonds. The van der Waals surface area contributed by atoms with Crippen LogP contribution in [-0.2, 0) is 6.54 Å². The standard InChI is InChI=1S/C18H20ClN5O/c1-25-16-8-4-5-12(22-16)10-20-14-9-15(19)23-18-17(14)21-11-24(18)13-6-2-3-7-13/h4-5,8-9,11,13H,2-3,6-7,10H2,1H3,(H,20,23). The zero-order chi connectivity index (χ0) is 17.2. The van der Waals surface area contributed by atoms with Crippen molar-refractivity contribution in [3.05, 3.63) is 41.4 Å². The molecule has 1 saturated carbocycles. The van der Waals surface area contributed by atoms with E-state index >= 15 is 0 Å². The number of ether oxygens (including phenoxy) is 1. The lowest BCUT2D eigenvalue weighted by molar-refractivity contribution is 0.396. The van der Waals surface area contributed by atoms with E-state index in [0.29, 0.717) is 23.6 Å². The summed E-state index contributed by atoms with van der Waals surface area (Å²) in [5, 5.41) is 3.85. The first-order chi connectivity index (χ1) is 12.2. The molecule has 0 aromatic carbocycles. The molecule has 1 aliphatic carbocycles. The molecule has 4 rings (SSSR count). The summed E-state index contributed by atoms with van der Waals surface area (Å²) in [4.78, 5) is 13.5. The molecular weight excluding hydrogens is 338 g/mol. The fraction of sp³-hybridized carbons (Fsp3) is 0.389. The maximum atomic E-state index is 6.26. The number of pyridine rings is 2. The lowest BCUT2D eigenvalue weighted by atomic mass is 10.2. The van der Waals surface area contributed by atoms with Crippen molar-refractivity contribution >= 4 is 28.5 Å². The quantitative estimate of drug-likeness (QED) is 0.693. The lowest BCUT2D eigenvalue weighted by Crippen LogP contribution is -2.06. The van der Waals surface area contributed by atoms with E-state index in [4.69, 9.17) is 16.3 Å². The maximum Gasteiger partial charge on any atom is 0.213 e. The molecule has 0 radical (unpaired) electrons. The summed E-state index contributed by atoms with van der Waals surface area (Å²) in [5.74, 6) is 0.600. The largest absolute Gasteiger partial charge is 0.481 e. The summed E-state index contributed by atoms with van der Waals surface area (Å²) < 4.78 is 7.34. The summed E-state index contributed by atoms with van der Waals surface area (Å²) in [6.07, 6.45) is 6.76. The maximum absolute atomic E-state index is 6.26. The van der Waals surface area contributed by atoms with E-state index in [0.717, 1.165) is 22.5 Å². The monoisotopic (exact) mass is 357 g/mol. The van der Waals surface area contributed by atoms with Crippen LogP contribution in [-0.4, -0.2) is 26.6 Å². The second kappa shape index (κ2) is 6.88. The number of hydrogen-bond acceptors (Lipinski definition) is 5. The van der Waals surface area contributed by atoms with Crippen LogP contribution in [0.2, 0.25) is 5.15 Å². The number of imidazole rings is 1. The predicted octanol–water partition coefficient (Wildman–Crippen LogP) is 4.22. The van der Waals surface area contributed by atoms with Gasteiger partial charge < -0.3 is 14.6 Å². The third kappa shape index (κ3) is 3.26. The first-order valence-electron chi connectivity index (χ1n) is 8.51. The number of halogens is 1. The Morgan fingerprint density at radius 3 is 2.92 bits per heavy atom. The van der Waals surface area contributed by atoms with E-state index < -0.39 is 0 Å². The number of rotatable bonds is 5. The Labute approximate surface area is 151 Å². The van der Waals surface area contributed by atoms with E-state index in [2.05, 4.69) is 24.8 Å². The molecule has 3 aromatic heterocycles. The lowest BCUT2D eigenvalue weighted by Gasteiger charge is -2.12. The van der Waals surface area contributed by atoms with Gasteiger partial charge in [-0.2, -0.15) is 0 Å². The normalized spacial score (nSPS) is 15.0. The summed E-state index contributed by atoms with van der Waals surface area (Å²) in [6.45, 7) is 0.558. The fourth-order valence-corrected chi connectivity index (χ4v) is 3.61. The summed E-state index contributed by atoms with van der Waals surface area (Å²) in [6, 6.07) is 7.99. The highest BCUT2D eigenvalue weighted by Crippen LogP contribution is 2.33. The predicted molar refractivity (Wildman–Crippen MR) is 98.2 cm³/mol. The van der Waals surface area contributed by atoms with Gasteiger partial charge in [0.15, 0.2) is 5.65 Å². The van der Waals surface area contributed by atoms with Crippen molar-refractivity contribution in [1.82, 2.24) is 19.5 Å². The highest BCUT2D eigenvalue weighted by Gasteiger charge is 2.21. The third-order valence-electron chi connectivity index (χ3n) is 4.67. The summed E-state index contributed by atoms with van der Waals surface area (Å²) in [7, 11) is 1.61. The molecular formula is C18H20ClN5O. The molecule has 0 bridgehead atoms. The molecule has 0 saturated heterocycles. The minimum Gasteiger partial charge on any atom is -0.481 e. The topological polar surface area (TPSA) is 64.9 Å². The highest BCUT2D eigenvalue weighted by molar-refractivity contribution is 6.30. The zero-order valence-electron chi connectivity index (χ0n) is 14.1. The van der Waals surface area contributed by atoms with Crippen LogP contribution in [0.3, 0.4) is 0 Å². The van der Waals surface area contributed by atoms with Crippen molar-refractivity contribution in [3.63, 3.8) is 0 Å². The smallest absolute Gasteiger partial charge is 0.213 e. The second-order valence-electron chi connectivity index (χ2n) is 6.28. The van der Waals surface area contributed by atoms with E-state index in [1.807, 2.05) is 30.6 Å². The Balaban J connectivity index is 1.62. The zero-order valence-corrected chi connectivity index (χ0v) is 14.8. The van der Waals surface area contributed by atoms with Crippen LogP contribution in [0.4, 0.5) is 5.69 Å². The van der Waals surface area contributed by atoms with Gasteiger partial charge in [0, 0.05) is 18.2 Å². The van der Waals surface area contributed by atoms with Crippen LogP contribution < -0.4 is 10.1 Å². The van der Waals surface area contributed by atoms with Gasteiger partial charge in [-0.3, -0.25) is 0 Å². The van der Waals surface area contributed by atoms with Gasteiger partial charge in [0.05, 0.1) is 31.4 Å². The van der Waals surface area contributed by atoms with Gasteiger partial charge in [0.2, 0.25) is 5.88 Å². The van der Waals surface area contributed by atoms with Crippen LogP contribution in [0.15, 0.2) is 30.6 Å². The minimum absolute atomic E-state index is 0.466. The average molecular weight is 358 g/mol. The average Bonchev–Trinajstić information content (AvgIpc) is 3.29. The minimum atomic E-state index is 0.466. The molecule has 6 nitrogen and oxygen atoms in total. The van der Waals surface area contributed by atoms with Crippen LogP contribution in [0, 0.1) is 0 Å². The van der Waals surface area contributed by atoms with Gasteiger partial charge in [-0.15, -0.1) is 0 Å². The fourth-order valence-electron chi connectivity index (χ4n) is 3.42. The second-order valence-corrected chi connectivity index (χ2v) is 6.67. The van der Waals surface area contributed by atoms with Gasteiger partial charge >= 0.3 is 0 Å².